The second kappa shape index (κ2) is 9.56. The smallest absolute Gasteiger partial charge is 0.247 e. The van der Waals surface area contributed by atoms with Crippen LogP contribution in [0.25, 0.3) is 11.3 Å². The maximum Gasteiger partial charge on any atom is 0.247 e. The molecule has 32 heavy (non-hydrogen) atoms. The van der Waals surface area contributed by atoms with Gasteiger partial charge in [-0.05, 0) is 36.2 Å². The molecule has 0 fully saturated rings. The van der Waals surface area contributed by atoms with Crippen LogP contribution in [0.15, 0.2) is 53.7 Å². The average Bonchev–Trinajstić information content (AvgIpc) is 2.96. The van der Waals surface area contributed by atoms with Crippen LogP contribution in [0.1, 0.15) is 39.0 Å². The van der Waals surface area contributed by atoms with Gasteiger partial charge in [0.1, 0.15) is 5.75 Å². The number of hydrogen-bond acceptors (Lipinski definition) is 7. The third-order valence-corrected chi connectivity index (χ3v) is 6.29. The van der Waals surface area contributed by atoms with Crippen LogP contribution in [0, 0.1) is 5.92 Å². The van der Waals surface area contributed by atoms with Crippen LogP contribution >= 0.6 is 11.8 Å². The molecule has 0 saturated carbocycles. The molecule has 0 aliphatic carbocycles. The number of anilines is 1. The average molecular weight is 451 g/mol. The number of amides is 1. The Bertz CT molecular complexity index is 1100. The first-order valence-corrected chi connectivity index (χ1v) is 11.6. The molecule has 1 aromatic heterocycles. The molecule has 7 nitrogen and oxygen atoms in total. The van der Waals surface area contributed by atoms with Crippen molar-refractivity contribution >= 4 is 23.4 Å². The molecule has 166 valence electrons. The van der Waals surface area contributed by atoms with Gasteiger partial charge in [-0.1, -0.05) is 50.7 Å². The van der Waals surface area contributed by atoms with Crippen LogP contribution in [0.5, 0.6) is 11.6 Å². The Hall–Kier alpha value is -3.13. The Balaban J connectivity index is 1.86. The zero-order valence-corrected chi connectivity index (χ0v) is 19.4. The van der Waals surface area contributed by atoms with Crippen LogP contribution < -0.4 is 14.4 Å². The maximum absolute atomic E-state index is 13.1. The summed E-state index contributed by atoms with van der Waals surface area (Å²) < 4.78 is 11.7. The summed E-state index contributed by atoms with van der Waals surface area (Å²) in [6, 6.07) is 15.1. The fraction of sp³-hybridized carbons (Fsp3) is 0.333. The van der Waals surface area contributed by atoms with Gasteiger partial charge in [0, 0.05) is 23.3 Å². The van der Waals surface area contributed by atoms with E-state index < -0.39 is 6.23 Å². The fourth-order valence-corrected chi connectivity index (χ4v) is 4.17. The number of hydrogen-bond donors (Lipinski definition) is 0. The highest BCUT2D eigenvalue weighted by Gasteiger charge is 2.35. The normalized spacial score (nSPS) is 14.9. The van der Waals surface area contributed by atoms with Crippen molar-refractivity contribution in [3.05, 3.63) is 54.1 Å². The lowest BCUT2D eigenvalue weighted by atomic mass is 10.1. The van der Waals surface area contributed by atoms with E-state index in [1.165, 1.54) is 0 Å². The summed E-state index contributed by atoms with van der Waals surface area (Å²) in [4.78, 5) is 19.5. The number of para-hydroxylation sites is 1. The molecule has 0 saturated heterocycles. The molecule has 3 aromatic rings. The van der Waals surface area contributed by atoms with Crippen molar-refractivity contribution < 1.29 is 14.3 Å². The Morgan fingerprint density at radius 1 is 1.16 bits per heavy atom. The highest BCUT2D eigenvalue weighted by atomic mass is 32.2. The Kier molecular flexibility index (Phi) is 6.60. The van der Waals surface area contributed by atoms with Crippen molar-refractivity contribution in [2.45, 2.75) is 38.6 Å². The standard InChI is InChI=1S/C24H26N4O3S/c1-5-20(29)28-19-9-7-6-8-18(19)21-22(25-24(27-26-21)32-14-15(2)3)31-23(28)16-10-12-17(30-4)13-11-16/h6-13,15,23H,5,14H2,1-4H3. The van der Waals surface area contributed by atoms with Gasteiger partial charge in [0.25, 0.3) is 0 Å². The van der Waals surface area contributed by atoms with Crippen molar-refractivity contribution in [1.82, 2.24) is 15.2 Å². The first kappa shape index (κ1) is 22.1. The lowest BCUT2D eigenvalue weighted by Gasteiger charge is -2.30. The number of methoxy groups -OCH3 is 1. The zero-order valence-electron chi connectivity index (χ0n) is 18.6. The summed E-state index contributed by atoms with van der Waals surface area (Å²) >= 11 is 1.54. The molecule has 1 amide bonds. The SMILES string of the molecule is CCC(=O)N1c2ccccc2-c2nnc(SCC(C)C)nc2OC1c1ccc(OC)cc1. The number of fused-ring (bicyclic) bond motifs is 3. The van der Waals surface area contributed by atoms with E-state index in [1.807, 2.05) is 55.5 Å². The van der Waals surface area contributed by atoms with Crippen molar-refractivity contribution in [2.75, 3.05) is 17.8 Å². The van der Waals surface area contributed by atoms with Gasteiger partial charge in [-0.15, -0.1) is 10.2 Å². The quantitative estimate of drug-likeness (QED) is 0.482. The maximum atomic E-state index is 13.1. The minimum absolute atomic E-state index is 0.0616. The van der Waals surface area contributed by atoms with Gasteiger partial charge in [-0.3, -0.25) is 9.69 Å². The number of benzene rings is 2. The van der Waals surface area contributed by atoms with Crippen LogP contribution in [0.2, 0.25) is 0 Å². The lowest BCUT2D eigenvalue weighted by Crippen LogP contribution is -2.37. The molecule has 0 spiro atoms. The van der Waals surface area contributed by atoms with E-state index in [-0.39, 0.29) is 5.91 Å². The van der Waals surface area contributed by atoms with Gasteiger partial charge >= 0.3 is 0 Å². The second-order valence-corrected chi connectivity index (χ2v) is 8.82. The zero-order chi connectivity index (χ0) is 22.7. The van der Waals surface area contributed by atoms with Crippen molar-refractivity contribution in [2.24, 2.45) is 5.92 Å². The number of carbonyl (C=O) groups excluding carboxylic acids is 1. The summed E-state index contributed by atoms with van der Waals surface area (Å²) in [5, 5.41) is 9.33. The van der Waals surface area contributed by atoms with Gasteiger partial charge in [0.2, 0.25) is 23.2 Å². The number of rotatable bonds is 6. The van der Waals surface area contributed by atoms with Crippen molar-refractivity contribution in [3.63, 3.8) is 0 Å². The molecule has 0 bridgehead atoms. The largest absolute Gasteiger partial charge is 0.497 e. The van der Waals surface area contributed by atoms with E-state index in [0.717, 1.165) is 28.3 Å². The van der Waals surface area contributed by atoms with Gasteiger partial charge in [-0.2, -0.15) is 4.98 Å². The molecule has 1 atom stereocenters. The second-order valence-electron chi connectivity index (χ2n) is 7.83. The van der Waals surface area contributed by atoms with E-state index in [9.17, 15) is 4.79 Å². The van der Waals surface area contributed by atoms with Crippen molar-refractivity contribution in [1.29, 1.82) is 0 Å². The summed E-state index contributed by atoms with van der Waals surface area (Å²) in [6.07, 6.45) is -0.370. The van der Waals surface area contributed by atoms with E-state index in [1.54, 1.807) is 23.8 Å². The fourth-order valence-electron chi connectivity index (χ4n) is 3.44. The number of aromatic nitrogens is 3. The monoisotopic (exact) mass is 450 g/mol. The number of nitrogens with zero attached hydrogens (tertiary/aromatic N) is 4. The first-order valence-electron chi connectivity index (χ1n) is 10.6. The molecule has 0 radical (unpaired) electrons. The van der Waals surface area contributed by atoms with Crippen LogP contribution in [-0.2, 0) is 4.79 Å². The molecule has 1 aliphatic rings. The van der Waals surface area contributed by atoms with Gasteiger partial charge in [-0.25, -0.2) is 0 Å². The minimum Gasteiger partial charge on any atom is -0.497 e. The third kappa shape index (κ3) is 4.41. The number of ether oxygens (including phenoxy) is 2. The van der Waals surface area contributed by atoms with E-state index in [2.05, 4.69) is 29.0 Å². The minimum atomic E-state index is -0.699. The first-order chi connectivity index (χ1) is 15.5. The number of carbonyl (C=O) groups is 1. The molecule has 2 aromatic carbocycles. The molecule has 2 heterocycles. The molecular formula is C24H26N4O3S. The topological polar surface area (TPSA) is 77.4 Å². The number of thioether (sulfide) groups is 1. The highest BCUT2D eigenvalue weighted by molar-refractivity contribution is 7.99. The summed E-state index contributed by atoms with van der Waals surface area (Å²) in [5.74, 6) is 2.40. The third-order valence-electron chi connectivity index (χ3n) is 5.03. The predicted octanol–water partition coefficient (Wildman–Crippen LogP) is 5.13. The van der Waals surface area contributed by atoms with Crippen LogP contribution in [0.4, 0.5) is 5.69 Å². The molecule has 0 N–H and O–H groups in total. The molecule has 1 aliphatic heterocycles. The summed E-state index contributed by atoms with van der Waals surface area (Å²) in [5.41, 5.74) is 2.82. The Morgan fingerprint density at radius 2 is 1.91 bits per heavy atom. The molecular weight excluding hydrogens is 424 g/mol. The molecule has 4 rings (SSSR count). The van der Waals surface area contributed by atoms with Crippen molar-refractivity contribution in [3.8, 4) is 22.9 Å². The highest BCUT2D eigenvalue weighted by Crippen LogP contribution is 2.43. The van der Waals surface area contributed by atoms with Gasteiger partial charge in [0.15, 0.2) is 5.69 Å². The van der Waals surface area contributed by atoms with Crippen LogP contribution in [-0.4, -0.2) is 34.0 Å². The molecule has 1 unspecified atom stereocenters. The van der Waals surface area contributed by atoms with Crippen LogP contribution in [0.3, 0.4) is 0 Å². The Morgan fingerprint density at radius 3 is 2.59 bits per heavy atom. The van der Waals surface area contributed by atoms with E-state index >= 15 is 0 Å². The van der Waals surface area contributed by atoms with Gasteiger partial charge in [0.05, 0.1) is 12.8 Å². The predicted molar refractivity (Wildman–Crippen MR) is 125 cm³/mol. The van der Waals surface area contributed by atoms with E-state index in [0.29, 0.717) is 29.1 Å². The Labute approximate surface area is 192 Å². The summed E-state index contributed by atoms with van der Waals surface area (Å²) in [7, 11) is 1.62. The summed E-state index contributed by atoms with van der Waals surface area (Å²) in [6.45, 7) is 6.13. The molecule has 8 heteroatoms. The van der Waals surface area contributed by atoms with Gasteiger partial charge < -0.3 is 9.47 Å². The van der Waals surface area contributed by atoms with E-state index in [4.69, 9.17) is 9.47 Å². The lowest BCUT2D eigenvalue weighted by molar-refractivity contribution is -0.120.